The average Bonchev–Trinajstić information content (AvgIpc) is 2.90. The van der Waals surface area contributed by atoms with E-state index in [2.05, 4.69) is 0 Å². The maximum atomic E-state index is 13.9. The number of fused-ring (bicyclic) bond motifs is 2. The molecular weight excluding hydrogens is 221 g/mol. The summed E-state index contributed by atoms with van der Waals surface area (Å²) in [6, 6.07) is 4.60. The fraction of sp³-hybridized carbons (Fsp3) is 0.462. The summed E-state index contributed by atoms with van der Waals surface area (Å²) in [6.45, 7) is 0.797. The predicted molar refractivity (Wildman–Crippen MR) is 61.8 cm³/mol. The highest BCUT2D eigenvalue weighted by molar-refractivity contribution is 5.94. The molecule has 1 heterocycles. The lowest BCUT2D eigenvalue weighted by Gasteiger charge is -2.30. The molecule has 2 aliphatic rings. The first kappa shape index (κ1) is 10.6. The number of hydrogen-bond acceptors (Lipinski definition) is 2. The number of rotatable bonds is 2. The molecule has 0 amide bonds. The monoisotopic (exact) mass is 235 g/mol. The minimum Gasteiger partial charge on any atom is -0.478 e. The van der Waals surface area contributed by atoms with Crippen LogP contribution in [0.15, 0.2) is 18.2 Å². The predicted octanol–water partition coefficient (Wildman–Crippen LogP) is 2.51. The molecule has 1 saturated heterocycles. The molecular formula is C13H14FNO2. The summed E-state index contributed by atoms with van der Waals surface area (Å²) in [5.41, 5.74) is 0.366. The van der Waals surface area contributed by atoms with Gasteiger partial charge in [-0.1, -0.05) is 6.07 Å². The molecule has 2 fully saturated rings. The lowest BCUT2D eigenvalue weighted by molar-refractivity contribution is 0.0697. The number of carboxylic acid groups (broad SMARTS) is 1. The molecule has 2 bridgehead atoms. The van der Waals surface area contributed by atoms with Crippen molar-refractivity contribution >= 4 is 11.7 Å². The van der Waals surface area contributed by atoms with Gasteiger partial charge in [-0.25, -0.2) is 9.18 Å². The molecule has 3 rings (SSSR count). The number of carboxylic acids is 1. The van der Waals surface area contributed by atoms with Gasteiger partial charge >= 0.3 is 5.97 Å². The summed E-state index contributed by atoms with van der Waals surface area (Å²) in [7, 11) is 0. The van der Waals surface area contributed by atoms with E-state index >= 15 is 0 Å². The van der Waals surface area contributed by atoms with E-state index in [1.54, 1.807) is 0 Å². The fourth-order valence-electron chi connectivity index (χ4n) is 3.18. The molecule has 17 heavy (non-hydrogen) atoms. The molecule has 4 heteroatoms. The minimum absolute atomic E-state index is 0.0811. The summed E-state index contributed by atoms with van der Waals surface area (Å²) in [5.74, 6) is -0.860. The molecule has 1 N–H and O–H groups in total. The average molecular weight is 235 g/mol. The van der Waals surface area contributed by atoms with Crippen LogP contribution in [0.2, 0.25) is 0 Å². The van der Waals surface area contributed by atoms with E-state index in [4.69, 9.17) is 5.11 Å². The van der Waals surface area contributed by atoms with Crippen LogP contribution >= 0.6 is 0 Å². The Labute approximate surface area is 98.9 Å². The van der Waals surface area contributed by atoms with Crippen molar-refractivity contribution in [2.75, 3.05) is 11.4 Å². The number of hydrogen-bond donors (Lipinski definition) is 1. The van der Waals surface area contributed by atoms with E-state index in [0.717, 1.165) is 19.4 Å². The molecule has 90 valence electrons. The Balaban J connectivity index is 2.05. The molecule has 1 saturated carbocycles. The van der Waals surface area contributed by atoms with Gasteiger partial charge in [0.05, 0.1) is 11.3 Å². The van der Waals surface area contributed by atoms with Crippen molar-refractivity contribution in [3.05, 3.63) is 29.6 Å². The Hall–Kier alpha value is -1.58. The van der Waals surface area contributed by atoms with Gasteiger partial charge in [0.2, 0.25) is 0 Å². The first-order valence-corrected chi connectivity index (χ1v) is 5.95. The number of carbonyl (C=O) groups is 1. The Morgan fingerprint density at radius 3 is 2.82 bits per heavy atom. The third-order valence-corrected chi connectivity index (χ3v) is 3.91. The molecule has 1 aliphatic carbocycles. The van der Waals surface area contributed by atoms with Crippen molar-refractivity contribution in [3.8, 4) is 0 Å². The van der Waals surface area contributed by atoms with Gasteiger partial charge in [-0.2, -0.15) is 0 Å². The molecule has 1 aromatic rings. The van der Waals surface area contributed by atoms with Crippen molar-refractivity contribution in [1.29, 1.82) is 0 Å². The zero-order valence-electron chi connectivity index (χ0n) is 9.40. The molecule has 1 aliphatic heterocycles. The topological polar surface area (TPSA) is 40.5 Å². The molecule has 0 spiro atoms. The van der Waals surface area contributed by atoms with Gasteiger partial charge in [-0.3, -0.25) is 0 Å². The SMILES string of the molecule is O=C(O)c1cccc(F)c1N1CC2CCC1C2. The van der Waals surface area contributed by atoms with Gasteiger partial charge in [-0.15, -0.1) is 0 Å². The maximum Gasteiger partial charge on any atom is 0.337 e. The van der Waals surface area contributed by atoms with Crippen LogP contribution in [0.5, 0.6) is 0 Å². The largest absolute Gasteiger partial charge is 0.478 e. The van der Waals surface area contributed by atoms with E-state index in [1.807, 2.05) is 4.90 Å². The molecule has 0 aromatic heterocycles. The normalized spacial score (nSPS) is 26.5. The smallest absolute Gasteiger partial charge is 0.337 e. The first-order chi connectivity index (χ1) is 8.16. The lowest BCUT2D eigenvalue weighted by atomic mass is 10.1. The van der Waals surface area contributed by atoms with Gasteiger partial charge < -0.3 is 10.0 Å². The third-order valence-electron chi connectivity index (χ3n) is 3.91. The Morgan fingerprint density at radius 2 is 2.24 bits per heavy atom. The van der Waals surface area contributed by atoms with Crippen molar-refractivity contribution in [1.82, 2.24) is 0 Å². The van der Waals surface area contributed by atoms with Crippen LogP contribution in [0.3, 0.4) is 0 Å². The van der Waals surface area contributed by atoms with Crippen molar-refractivity contribution in [2.45, 2.75) is 25.3 Å². The first-order valence-electron chi connectivity index (χ1n) is 5.95. The van der Waals surface area contributed by atoms with Crippen molar-refractivity contribution in [3.63, 3.8) is 0 Å². The third kappa shape index (κ3) is 1.59. The number of nitrogens with zero attached hydrogens (tertiary/aromatic N) is 1. The fourth-order valence-corrected chi connectivity index (χ4v) is 3.18. The second-order valence-electron chi connectivity index (χ2n) is 4.93. The van der Waals surface area contributed by atoms with E-state index < -0.39 is 11.8 Å². The highest BCUT2D eigenvalue weighted by atomic mass is 19.1. The number of benzene rings is 1. The van der Waals surface area contributed by atoms with Crippen LogP contribution in [0.1, 0.15) is 29.6 Å². The van der Waals surface area contributed by atoms with Crippen LogP contribution < -0.4 is 4.90 Å². The van der Waals surface area contributed by atoms with Gasteiger partial charge in [0.25, 0.3) is 0 Å². The quantitative estimate of drug-likeness (QED) is 0.856. The number of para-hydroxylation sites is 1. The number of piperidine rings is 1. The standard InChI is InChI=1S/C13H14FNO2/c14-11-3-1-2-10(13(16)17)12(11)15-7-8-4-5-9(15)6-8/h1-3,8-9H,4-7H2,(H,16,17). The van der Waals surface area contributed by atoms with Gasteiger partial charge in [0.1, 0.15) is 5.82 Å². The minimum atomic E-state index is -1.05. The second-order valence-corrected chi connectivity index (χ2v) is 4.93. The van der Waals surface area contributed by atoms with E-state index in [9.17, 15) is 9.18 Å². The van der Waals surface area contributed by atoms with Crippen LogP contribution in [-0.2, 0) is 0 Å². The molecule has 0 radical (unpaired) electrons. The van der Waals surface area contributed by atoms with Crippen molar-refractivity contribution in [2.24, 2.45) is 5.92 Å². The Bertz CT molecular complexity index is 474. The highest BCUT2D eigenvalue weighted by Gasteiger charge is 2.40. The van der Waals surface area contributed by atoms with Crippen molar-refractivity contribution < 1.29 is 14.3 Å². The van der Waals surface area contributed by atoms with Gasteiger partial charge in [-0.05, 0) is 37.3 Å². The zero-order valence-corrected chi connectivity index (χ0v) is 9.40. The summed E-state index contributed by atoms with van der Waals surface area (Å²) in [6.07, 6.45) is 3.32. The van der Waals surface area contributed by atoms with Crippen LogP contribution in [0, 0.1) is 11.7 Å². The number of halogens is 1. The summed E-state index contributed by atoms with van der Waals surface area (Å²) >= 11 is 0. The highest BCUT2D eigenvalue weighted by Crippen LogP contribution is 2.42. The number of aromatic carboxylic acids is 1. The van der Waals surface area contributed by atoms with E-state index in [-0.39, 0.29) is 11.3 Å². The molecule has 3 nitrogen and oxygen atoms in total. The Morgan fingerprint density at radius 1 is 1.41 bits per heavy atom. The lowest BCUT2D eigenvalue weighted by Crippen LogP contribution is -2.33. The maximum absolute atomic E-state index is 13.9. The van der Waals surface area contributed by atoms with Gasteiger partial charge in [0.15, 0.2) is 0 Å². The summed E-state index contributed by atoms with van der Waals surface area (Å²) in [4.78, 5) is 13.1. The molecule has 1 aromatic carbocycles. The summed E-state index contributed by atoms with van der Waals surface area (Å²) < 4.78 is 13.9. The molecule has 2 unspecified atom stereocenters. The van der Waals surface area contributed by atoms with Crippen LogP contribution in [-0.4, -0.2) is 23.7 Å². The molecule has 2 atom stereocenters. The second kappa shape index (κ2) is 3.72. The van der Waals surface area contributed by atoms with Gasteiger partial charge in [0, 0.05) is 12.6 Å². The summed E-state index contributed by atoms with van der Waals surface area (Å²) in [5, 5.41) is 9.13. The van der Waals surface area contributed by atoms with E-state index in [0.29, 0.717) is 12.0 Å². The van der Waals surface area contributed by atoms with Crippen LogP contribution in [0.4, 0.5) is 10.1 Å². The Kier molecular flexibility index (Phi) is 2.31. The number of anilines is 1. The zero-order chi connectivity index (χ0) is 12.0. The van der Waals surface area contributed by atoms with E-state index in [1.165, 1.54) is 24.6 Å². The van der Waals surface area contributed by atoms with Crippen LogP contribution in [0.25, 0.3) is 0 Å².